The van der Waals surface area contributed by atoms with Crippen LogP contribution < -0.4 is 4.31 Å². The van der Waals surface area contributed by atoms with Gasteiger partial charge in [-0.05, 0) is 67.2 Å². The Hall–Kier alpha value is -0.920. The molecular formula is C21H27Cl2NO3S2. The minimum Gasteiger partial charge on any atom is -0.392 e. The van der Waals surface area contributed by atoms with Gasteiger partial charge in [-0.1, -0.05) is 43.1 Å². The van der Waals surface area contributed by atoms with Gasteiger partial charge in [0.25, 0.3) is 10.0 Å². The lowest BCUT2D eigenvalue weighted by Gasteiger charge is -2.32. The summed E-state index contributed by atoms with van der Waals surface area (Å²) in [4.78, 5) is 0.147. The number of halogens is 2. The molecule has 0 saturated carbocycles. The van der Waals surface area contributed by atoms with Crippen molar-refractivity contribution in [3.8, 4) is 0 Å². The van der Waals surface area contributed by atoms with Crippen LogP contribution in [0.2, 0.25) is 10.0 Å². The molecule has 160 valence electrons. The van der Waals surface area contributed by atoms with Gasteiger partial charge in [0, 0.05) is 21.7 Å². The Kier molecular flexibility index (Phi) is 9.16. The van der Waals surface area contributed by atoms with Gasteiger partial charge in [-0.2, -0.15) is 11.8 Å². The highest BCUT2D eigenvalue weighted by Gasteiger charge is 2.31. The summed E-state index contributed by atoms with van der Waals surface area (Å²) in [5.41, 5.74) is 0.911. The maximum Gasteiger partial charge on any atom is 0.264 e. The second-order valence-electron chi connectivity index (χ2n) is 7.10. The van der Waals surface area contributed by atoms with E-state index < -0.39 is 10.0 Å². The number of sulfonamides is 1. The van der Waals surface area contributed by atoms with E-state index in [1.807, 2.05) is 18.7 Å². The van der Waals surface area contributed by atoms with Crippen LogP contribution in [0.4, 0.5) is 5.69 Å². The van der Waals surface area contributed by atoms with Gasteiger partial charge in [0.1, 0.15) is 0 Å². The number of hydrogen-bond donors (Lipinski definition) is 1. The molecule has 0 aliphatic carbocycles. The zero-order chi connectivity index (χ0) is 21.6. The molecule has 0 saturated heterocycles. The van der Waals surface area contributed by atoms with Gasteiger partial charge in [-0.15, -0.1) is 0 Å². The van der Waals surface area contributed by atoms with Crippen molar-refractivity contribution < 1.29 is 13.5 Å². The van der Waals surface area contributed by atoms with Crippen LogP contribution in [-0.4, -0.2) is 30.6 Å². The van der Waals surface area contributed by atoms with E-state index in [-0.39, 0.29) is 17.5 Å². The fourth-order valence-corrected chi connectivity index (χ4v) is 5.83. The molecule has 0 radical (unpaired) electrons. The van der Waals surface area contributed by atoms with E-state index in [2.05, 4.69) is 13.8 Å². The molecule has 0 fully saturated rings. The molecular weight excluding hydrogens is 449 g/mol. The van der Waals surface area contributed by atoms with Crippen LogP contribution in [0.1, 0.15) is 39.2 Å². The Bertz CT molecular complexity index is 903. The van der Waals surface area contributed by atoms with Crippen molar-refractivity contribution in [2.75, 3.05) is 10.1 Å². The van der Waals surface area contributed by atoms with E-state index in [9.17, 15) is 13.5 Å². The first-order chi connectivity index (χ1) is 13.7. The van der Waals surface area contributed by atoms with Crippen LogP contribution in [0.3, 0.4) is 0 Å². The Morgan fingerprint density at radius 1 is 1.03 bits per heavy atom. The molecule has 0 aliphatic heterocycles. The van der Waals surface area contributed by atoms with Crippen molar-refractivity contribution in [1.82, 2.24) is 0 Å². The van der Waals surface area contributed by atoms with Crippen LogP contribution in [0.25, 0.3) is 0 Å². The zero-order valence-corrected chi connectivity index (χ0v) is 20.0. The summed E-state index contributed by atoms with van der Waals surface area (Å²) in [6.07, 6.45) is 1.57. The van der Waals surface area contributed by atoms with Crippen LogP contribution >= 0.6 is 35.0 Å². The van der Waals surface area contributed by atoms with Crippen molar-refractivity contribution in [1.29, 1.82) is 0 Å². The number of aliphatic hydroxyl groups excluding tert-OH is 1. The predicted molar refractivity (Wildman–Crippen MR) is 125 cm³/mol. The van der Waals surface area contributed by atoms with Gasteiger partial charge in [-0.3, -0.25) is 4.31 Å². The van der Waals surface area contributed by atoms with Crippen molar-refractivity contribution in [3.63, 3.8) is 0 Å². The summed E-state index contributed by atoms with van der Waals surface area (Å²) in [6.45, 7) is 5.89. The molecule has 2 aromatic carbocycles. The topological polar surface area (TPSA) is 57.6 Å². The van der Waals surface area contributed by atoms with E-state index in [0.717, 1.165) is 12.2 Å². The van der Waals surface area contributed by atoms with E-state index in [0.29, 0.717) is 33.0 Å². The Balaban J connectivity index is 2.45. The summed E-state index contributed by atoms with van der Waals surface area (Å²) < 4.78 is 28.5. The van der Waals surface area contributed by atoms with Gasteiger partial charge in [0.15, 0.2) is 0 Å². The minimum atomic E-state index is -3.87. The van der Waals surface area contributed by atoms with E-state index in [1.54, 1.807) is 30.3 Å². The largest absolute Gasteiger partial charge is 0.392 e. The van der Waals surface area contributed by atoms with Crippen LogP contribution in [0.15, 0.2) is 47.4 Å². The summed E-state index contributed by atoms with van der Waals surface area (Å²) in [6, 6.07) is 10.7. The van der Waals surface area contributed by atoms with E-state index in [1.165, 1.54) is 16.4 Å². The lowest BCUT2D eigenvalue weighted by molar-refractivity contribution is 0.282. The van der Waals surface area contributed by atoms with Crippen molar-refractivity contribution in [3.05, 3.63) is 58.1 Å². The SMILES string of the molecule is CC(C)SCCCC(C)N(c1cc(Cl)ccc1CO)S(=O)(=O)c1ccc(Cl)cc1. The predicted octanol–water partition coefficient (Wildman–Crippen LogP) is 5.99. The van der Waals surface area contributed by atoms with Crippen LogP contribution in [-0.2, 0) is 16.6 Å². The molecule has 0 amide bonds. The molecule has 0 bridgehead atoms. The fourth-order valence-electron chi connectivity index (χ4n) is 3.01. The van der Waals surface area contributed by atoms with E-state index in [4.69, 9.17) is 23.2 Å². The Morgan fingerprint density at radius 3 is 2.24 bits per heavy atom. The summed E-state index contributed by atoms with van der Waals surface area (Å²) >= 11 is 14.0. The maximum atomic E-state index is 13.6. The summed E-state index contributed by atoms with van der Waals surface area (Å²) in [5.74, 6) is 0.958. The van der Waals surface area contributed by atoms with Gasteiger partial charge in [-0.25, -0.2) is 8.42 Å². The highest BCUT2D eigenvalue weighted by molar-refractivity contribution is 7.99. The molecule has 0 aromatic heterocycles. The monoisotopic (exact) mass is 475 g/mol. The molecule has 0 heterocycles. The van der Waals surface area contributed by atoms with Gasteiger partial charge in [0.2, 0.25) is 0 Å². The normalized spacial score (nSPS) is 12.9. The lowest BCUT2D eigenvalue weighted by atomic mass is 10.1. The standard InChI is InChI=1S/C21H27Cl2NO3S2/c1-15(2)28-12-4-5-16(3)24(21-13-19(23)7-6-17(21)14-25)29(26,27)20-10-8-18(22)9-11-20/h6-11,13,15-16,25H,4-5,12,14H2,1-3H3. The smallest absolute Gasteiger partial charge is 0.264 e. The molecule has 8 heteroatoms. The van der Waals surface area contributed by atoms with Crippen LogP contribution in [0.5, 0.6) is 0 Å². The number of rotatable bonds is 10. The third-order valence-electron chi connectivity index (χ3n) is 4.44. The highest BCUT2D eigenvalue weighted by Crippen LogP contribution is 2.33. The first kappa shape index (κ1) is 24.4. The summed E-state index contributed by atoms with van der Waals surface area (Å²) in [5, 5.41) is 11.2. The molecule has 29 heavy (non-hydrogen) atoms. The Labute approximate surface area is 188 Å². The average molecular weight is 476 g/mol. The molecule has 0 aliphatic rings. The number of thioether (sulfide) groups is 1. The first-order valence-electron chi connectivity index (χ1n) is 9.47. The third kappa shape index (κ3) is 6.53. The Morgan fingerprint density at radius 2 is 1.66 bits per heavy atom. The quantitative estimate of drug-likeness (QED) is 0.428. The second kappa shape index (κ2) is 10.9. The number of nitrogens with zero attached hydrogens (tertiary/aromatic N) is 1. The molecule has 1 unspecified atom stereocenters. The maximum absolute atomic E-state index is 13.6. The van der Waals surface area contributed by atoms with Crippen molar-refractivity contribution in [2.24, 2.45) is 0 Å². The molecule has 0 spiro atoms. The molecule has 1 atom stereocenters. The first-order valence-corrected chi connectivity index (χ1v) is 12.7. The number of anilines is 1. The molecule has 4 nitrogen and oxygen atoms in total. The van der Waals surface area contributed by atoms with Crippen LogP contribution in [0, 0.1) is 0 Å². The molecule has 2 aromatic rings. The molecule has 1 N–H and O–H groups in total. The minimum absolute atomic E-state index is 0.147. The lowest BCUT2D eigenvalue weighted by Crippen LogP contribution is -2.39. The van der Waals surface area contributed by atoms with Crippen molar-refractivity contribution in [2.45, 2.75) is 56.4 Å². The number of hydrogen-bond acceptors (Lipinski definition) is 4. The van der Waals surface area contributed by atoms with Gasteiger partial charge in [0.05, 0.1) is 17.2 Å². The number of aliphatic hydroxyl groups is 1. The van der Waals surface area contributed by atoms with E-state index >= 15 is 0 Å². The van der Waals surface area contributed by atoms with Gasteiger partial charge < -0.3 is 5.11 Å². The molecule has 2 rings (SSSR count). The number of benzene rings is 2. The zero-order valence-electron chi connectivity index (χ0n) is 16.8. The van der Waals surface area contributed by atoms with Gasteiger partial charge >= 0.3 is 0 Å². The average Bonchev–Trinajstić information content (AvgIpc) is 2.65. The third-order valence-corrected chi connectivity index (χ3v) is 8.06. The fraction of sp³-hybridized carbons (Fsp3) is 0.429. The summed E-state index contributed by atoms with van der Waals surface area (Å²) in [7, 11) is -3.87. The highest BCUT2D eigenvalue weighted by atomic mass is 35.5. The second-order valence-corrected chi connectivity index (χ2v) is 11.5. The van der Waals surface area contributed by atoms with Crippen molar-refractivity contribution >= 4 is 50.7 Å².